The highest BCUT2D eigenvalue weighted by Crippen LogP contribution is 2.20. The van der Waals surface area contributed by atoms with E-state index in [1.54, 1.807) is 13.1 Å². The van der Waals surface area contributed by atoms with Gasteiger partial charge in [-0.1, -0.05) is 0 Å². The van der Waals surface area contributed by atoms with Gasteiger partial charge >= 0.3 is 0 Å². The zero-order valence-electron chi connectivity index (χ0n) is 9.19. The number of aromatic nitrogens is 1. The van der Waals surface area contributed by atoms with Gasteiger partial charge in [0.05, 0.1) is 6.10 Å². The zero-order valence-corrected chi connectivity index (χ0v) is 9.19. The third-order valence-corrected chi connectivity index (χ3v) is 2.93. The van der Waals surface area contributed by atoms with E-state index in [0.29, 0.717) is 0 Å². The Labute approximate surface area is 90.8 Å². The average molecular weight is 206 g/mol. The van der Waals surface area contributed by atoms with Gasteiger partial charge in [0.25, 0.3) is 0 Å². The van der Waals surface area contributed by atoms with E-state index in [0.717, 1.165) is 24.5 Å². The minimum atomic E-state index is -0.406. The third-order valence-electron chi connectivity index (χ3n) is 2.93. The fourth-order valence-electron chi connectivity index (χ4n) is 1.99. The number of hydrogen-bond donors (Lipinski definition) is 1. The molecule has 1 aromatic heterocycles. The van der Waals surface area contributed by atoms with Crippen molar-refractivity contribution in [3.05, 3.63) is 23.9 Å². The molecule has 3 heteroatoms. The summed E-state index contributed by atoms with van der Waals surface area (Å²) >= 11 is 0. The lowest BCUT2D eigenvalue weighted by Crippen LogP contribution is -2.30. The van der Waals surface area contributed by atoms with E-state index in [9.17, 15) is 5.11 Å². The molecule has 1 unspecified atom stereocenters. The maximum absolute atomic E-state index is 9.50. The number of pyridine rings is 1. The molecule has 0 aliphatic carbocycles. The zero-order chi connectivity index (χ0) is 10.7. The summed E-state index contributed by atoms with van der Waals surface area (Å²) in [5, 5.41) is 9.50. The molecule has 0 spiro atoms. The molecule has 0 radical (unpaired) electrons. The van der Waals surface area contributed by atoms with Crippen LogP contribution in [0.4, 0.5) is 5.82 Å². The molecule has 2 heterocycles. The molecule has 0 aromatic carbocycles. The van der Waals surface area contributed by atoms with E-state index in [2.05, 4.69) is 9.88 Å². The lowest BCUT2D eigenvalue weighted by molar-refractivity contribution is 0.199. The first-order chi connectivity index (χ1) is 7.27. The highest BCUT2D eigenvalue weighted by Gasteiger charge is 2.12. The van der Waals surface area contributed by atoms with Crippen LogP contribution in [0.3, 0.4) is 0 Å². The van der Waals surface area contributed by atoms with Gasteiger partial charge in [-0.3, -0.25) is 0 Å². The summed E-state index contributed by atoms with van der Waals surface area (Å²) < 4.78 is 0. The smallest absolute Gasteiger partial charge is 0.128 e. The van der Waals surface area contributed by atoms with Crippen molar-refractivity contribution >= 4 is 5.82 Å². The van der Waals surface area contributed by atoms with Gasteiger partial charge < -0.3 is 10.0 Å². The van der Waals surface area contributed by atoms with Crippen molar-refractivity contribution in [1.29, 1.82) is 0 Å². The molecule has 1 saturated heterocycles. The van der Waals surface area contributed by atoms with Gasteiger partial charge in [-0.15, -0.1) is 0 Å². The Hall–Kier alpha value is -1.09. The Morgan fingerprint density at radius 3 is 2.73 bits per heavy atom. The fraction of sp³-hybridized carbons (Fsp3) is 0.583. The summed E-state index contributed by atoms with van der Waals surface area (Å²) in [4.78, 5) is 6.66. The molecule has 0 bridgehead atoms. The second-order valence-corrected chi connectivity index (χ2v) is 4.17. The fourth-order valence-corrected chi connectivity index (χ4v) is 1.99. The summed E-state index contributed by atoms with van der Waals surface area (Å²) in [6.07, 6.45) is 5.20. The van der Waals surface area contributed by atoms with Gasteiger partial charge in [-0.25, -0.2) is 4.98 Å². The monoisotopic (exact) mass is 206 g/mol. The topological polar surface area (TPSA) is 36.4 Å². The predicted octanol–water partition coefficient (Wildman–Crippen LogP) is 2.13. The summed E-state index contributed by atoms with van der Waals surface area (Å²) in [7, 11) is 0. The lowest BCUT2D eigenvalue weighted by atomic mass is 10.1. The summed E-state index contributed by atoms with van der Waals surface area (Å²) in [5.41, 5.74) is 0.950. The van der Waals surface area contributed by atoms with Crippen LogP contribution in [0.2, 0.25) is 0 Å². The van der Waals surface area contributed by atoms with Gasteiger partial charge in [0, 0.05) is 19.3 Å². The van der Waals surface area contributed by atoms with Crippen molar-refractivity contribution in [3.8, 4) is 0 Å². The summed E-state index contributed by atoms with van der Waals surface area (Å²) in [6, 6.07) is 3.87. The Kier molecular flexibility index (Phi) is 3.21. The molecule has 82 valence electrons. The molecule has 3 nitrogen and oxygen atoms in total. The SMILES string of the molecule is CC(O)c1ccnc(N2CCCCC2)c1. The van der Waals surface area contributed by atoms with E-state index in [1.165, 1.54) is 19.3 Å². The van der Waals surface area contributed by atoms with E-state index in [-0.39, 0.29) is 0 Å². The molecule has 0 amide bonds. The first kappa shape index (κ1) is 10.4. The van der Waals surface area contributed by atoms with Crippen LogP contribution >= 0.6 is 0 Å². The second kappa shape index (κ2) is 4.62. The molecular formula is C12H18N2O. The van der Waals surface area contributed by atoms with Crippen molar-refractivity contribution in [1.82, 2.24) is 4.98 Å². The van der Waals surface area contributed by atoms with Gasteiger partial charge in [0.1, 0.15) is 5.82 Å². The molecule has 2 rings (SSSR count). The first-order valence-electron chi connectivity index (χ1n) is 5.66. The highest BCUT2D eigenvalue weighted by atomic mass is 16.3. The standard InChI is InChI=1S/C12H18N2O/c1-10(15)11-5-6-13-12(9-11)14-7-3-2-4-8-14/h5-6,9-10,15H,2-4,7-8H2,1H3. The van der Waals surface area contributed by atoms with Crippen LogP contribution in [-0.4, -0.2) is 23.2 Å². The molecular weight excluding hydrogens is 188 g/mol. The predicted molar refractivity (Wildman–Crippen MR) is 60.9 cm³/mol. The molecule has 1 aliphatic heterocycles. The number of piperidine rings is 1. The quantitative estimate of drug-likeness (QED) is 0.805. The van der Waals surface area contributed by atoms with Crippen LogP contribution in [0, 0.1) is 0 Å². The number of rotatable bonds is 2. The highest BCUT2D eigenvalue weighted by molar-refractivity contribution is 5.41. The molecule has 15 heavy (non-hydrogen) atoms. The van der Waals surface area contributed by atoms with Crippen LogP contribution in [0.5, 0.6) is 0 Å². The first-order valence-corrected chi connectivity index (χ1v) is 5.66. The van der Waals surface area contributed by atoms with Crippen LogP contribution in [0.15, 0.2) is 18.3 Å². The number of aliphatic hydroxyl groups is 1. The number of anilines is 1. The third kappa shape index (κ3) is 2.48. The molecule has 1 aliphatic rings. The molecule has 1 N–H and O–H groups in total. The Morgan fingerprint density at radius 2 is 2.07 bits per heavy atom. The average Bonchev–Trinajstić information content (AvgIpc) is 2.30. The van der Waals surface area contributed by atoms with Crippen LogP contribution in [-0.2, 0) is 0 Å². The summed E-state index contributed by atoms with van der Waals surface area (Å²) in [5.74, 6) is 1.01. The lowest BCUT2D eigenvalue weighted by Gasteiger charge is -2.28. The van der Waals surface area contributed by atoms with E-state index in [4.69, 9.17) is 0 Å². The van der Waals surface area contributed by atoms with Crippen LogP contribution in [0.1, 0.15) is 37.9 Å². The molecule has 1 fully saturated rings. The maximum atomic E-state index is 9.50. The number of nitrogens with zero attached hydrogens (tertiary/aromatic N) is 2. The van der Waals surface area contributed by atoms with E-state index < -0.39 is 6.10 Å². The van der Waals surface area contributed by atoms with Crippen molar-refractivity contribution < 1.29 is 5.11 Å². The number of aliphatic hydroxyl groups excluding tert-OH is 1. The van der Waals surface area contributed by atoms with Crippen LogP contribution in [0.25, 0.3) is 0 Å². The van der Waals surface area contributed by atoms with Gasteiger partial charge in [-0.05, 0) is 43.9 Å². The van der Waals surface area contributed by atoms with Gasteiger partial charge in [0.15, 0.2) is 0 Å². The minimum absolute atomic E-state index is 0.406. The largest absolute Gasteiger partial charge is 0.389 e. The molecule has 1 atom stereocenters. The van der Waals surface area contributed by atoms with Crippen molar-refractivity contribution in [2.75, 3.05) is 18.0 Å². The van der Waals surface area contributed by atoms with Crippen LogP contribution < -0.4 is 4.90 Å². The van der Waals surface area contributed by atoms with E-state index >= 15 is 0 Å². The Bertz CT molecular complexity index is 319. The van der Waals surface area contributed by atoms with Gasteiger partial charge in [0.2, 0.25) is 0 Å². The molecule has 0 saturated carbocycles. The Morgan fingerprint density at radius 1 is 1.33 bits per heavy atom. The molecule has 1 aromatic rings. The van der Waals surface area contributed by atoms with E-state index in [1.807, 2.05) is 12.1 Å². The maximum Gasteiger partial charge on any atom is 0.128 e. The Balaban J connectivity index is 2.16. The second-order valence-electron chi connectivity index (χ2n) is 4.17. The van der Waals surface area contributed by atoms with Gasteiger partial charge in [-0.2, -0.15) is 0 Å². The summed E-state index contributed by atoms with van der Waals surface area (Å²) in [6.45, 7) is 3.97. The van der Waals surface area contributed by atoms with Crippen molar-refractivity contribution in [2.24, 2.45) is 0 Å². The normalized spacial score (nSPS) is 18.9. The van der Waals surface area contributed by atoms with Crippen molar-refractivity contribution in [3.63, 3.8) is 0 Å². The van der Waals surface area contributed by atoms with Crippen molar-refractivity contribution in [2.45, 2.75) is 32.3 Å². The minimum Gasteiger partial charge on any atom is -0.389 e. The number of hydrogen-bond acceptors (Lipinski definition) is 3.